The molecule has 2 aromatic rings. The number of hydrogen-bond donors (Lipinski definition) is 5. The number of halogens is 4. The van der Waals surface area contributed by atoms with Crippen LogP contribution in [0.25, 0.3) is 0 Å². The molecule has 9 nitrogen and oxygen atoms in total. The van der Waals surface area contributed by atoms with Gasteiger partial charge >= 0.3 is 12.1 Å². The molecule has 1 aliphatic carbocycles. The number of nitrogens with two attached hydrogens (primary N) is 2. The number of carbonyl (C=O) groups is 2. The number of benzene rings is 2. The molecular weight excluding hydrogens is 645 g/mol. The maximum absolute atomic E-state index is 13.2. The van der Waals surface area contributed by atoms with E-state index in [9.17, 15) is 31.2 Å². The van der Waals surface area contributed by atoms with Crippen molar-refractivity contribution in [2.24, 2.45) is 29.2 Å². The van der Waals surface area contributed by atoms with Crippen molar-refractivity contribution in [2.45, 2.75) is 101 Å². The van der Waals surface area contributed by atoms with Gasteiger partial charge in [0, 0.05) is 30.5 Å². The molecule has 3 atom stereocenters. The third-order valence-electron chi connectivity index (χ3n) is 7.79. The predicted molar refractivity (Wildman–Crippen MR) is 175 cm³/mol. The third-order valence-corrected chi connectivity index (χ3v) is 9.32. The zero-order chi connectivity index (χ0) is 33.9. The molecule has 1 saturated carbocycles. The van der Waals surface area contributed by atoms with Crippen LogP contribution in [0.2, 0.25) is 0 Å². The molecule has 14 heteroatoms. The van der Waals surface area contributed by atoms with Gasteiger partial charge in [0.05, 0.1) is 16.5 Å². The van der Waals surface area contributed by atoms with E-state index >= 15 is 0 Å². The monoisotopic (exact) mass is 692 g/mol. The fourth-order valence-corrected chi connectivity index (χ4v) is 6.42. The van der Waals surface area contributed by atoms with Crippen LogP contribution in [0.3, 0.4) is 0 Å². The largest absolute Gasteiger partial charge is 0.481 e. The Labute approximate surface area is 276 Å². The number of amides is 1. The molecule has 0 aromatic heterocycles. The minimum Gasteiger partial charge on any atom is -0.481 e. The first-order valence-corrected chi connectivity index (χ1v) is 16.7. The quantitative estimate of drug-likeness (QED) is 0.192. The molecule has 0 radical (unpaired) electrons. The summed E-state index contributed by atoms with van der Waals surface area (Å²) in [5.41, 5.74) is 12.6. The summed E-state index contributed by atoms with van der Waals surface area (Å²) >= 11 is 0. The predicted octanol–water partition coefficient (Wildman–Crippen LogP) is 5.64. The molecule has 0 saturated heterocycles. The maximum atomic E-state index is 13.2. The lowest BCUT2D eigenvalue weighted by atomic mass is 9.85. The SMILES string of the molecule is CC(C)CC(=O)O.CC(C)[C@H](N)[C@@H](N)C[C@H](NC(=O)C1CCC(NS(=O)(=O)c2ccc(C(F)(F)F)cc2)CC1)c1ccccc1.Cl. The lowest BCUT2D eigenvalue weighted by molar-refractivity contribution is -0.138. The highest BCUT2D eigenvalue weighted by molar-refractivity contribution is 7.89. The average Bonchev–Trinajstić information content (AvgIpc) is 2.96. The van der Waals surface area contributed by atoms with Crippen LogP contribution in [0, 0.1) is 17.8 Å². The van der Waals surface area contributed by atoms with Gasteiger partial charge in [-0.25, -0.2) is 13.1 Å². The van der Waals surface area contributed by atoms with E-state index < -0.39 is 33.8 Å². The van der Waals surface area contributed by atoms with Crippen LogP contribution < -0.4 is 21.5 Å². The molecule has 0 spiro atoms. The Bertz CT molecular complexity index is 1320. The number of sulfonamides is 1. The van der Waals surface area contributed by atoms with E-state index in [2.05, 4.69) is 10.0 Å². The van der Waals surface area contributed by atoms with Gasteiger partial charge in [0.2, 0.25) is 15.9 Å². The van der Waals surface area contributed by atoms with Gasteiger partial charge < -0.3 is 21.9 Å². The fraction of sp³-hybridized carbons (Fsp3) is 0.562. The minimum absolute atomic E-state index is 0. The van der Waals surface area contributed by atoms with Crippen LogP contribution in [0.1, 0.15) is 83.4 Å². The molecule has 0 heterocycles. The molecule has 46 heavy (non-hydrogen) atoms. The van der Waals surface area contributed by atoms with E-state index in [1.54, 1.807) is 0 Å². The van der Waals surface area contributed by atoms with Gasteiger partial charge in [-0.05, 0) is 73.8 Å². The zero-order valence-electron chi connectivity index (χ0n) is 26.7. The number of nitrogens with one attached hydrogen (secondary N) is 2. The second-order valence-corrected chi connectivity index (χ2v) is 14.1. The molecule has 0 bridgehead atoms. The summed E-state index contributed by atoms with van der Waals surface area (Å²) in [7, 11) is -3.99. The van der Waals surface area contributed by atoms with Crippen LogP contribution >= 0.6 is 12.4 Å². The van der Waals surface area contributed by atoms with Gasteiger partial charge in [0.1, 0.15) is 0 Å². The van der Waals surface area contributed by atoms with Crippen molar-refractivity contribution in [1.29, 1.82) is 0 Å². The van der Waals surface area contributed by atoms with Crippen LogP contribution in [0.15, 0.2) is 59.5 Å². The minimum atomic E-state index is -4.54. The van der Waals surface area contributed by atoms with E-state index in [1.807, 2.05) is 58.0 Å². The van der Waals surface area contributed by atoms with Crippen molar-refractivity contribution in [3.63, 3.8) is 0 Å². The van der Waals surface area contributed by atoms with E-state index in [1.165, 1.54) is 0 Å². The summed E-state index contributed by atoms with van der Waals surface area (Å²) in [6.07, 6.45) is -1.95. The van der Waals surface area contributed by atoms with Crippen molar-refractivity contribution >= 4 is 34.3 Å². The van der Waals surface area contributed by atoms with Gasteiger partial charge in [0.15, 0.2) is 0 Å². The van der Waals surface area contributed by atoms with Crippen molar-refractivity contribution < 1.29 is 36.3 Å². The zero-order valence-corrected chi connectivity index (χ0v) is 28.3. The van der Waals surface area contributed by atoms with Crippen molar-refractivity contribution in [1.82, 2.24) is 10.0 Å². The lowest BCUT2D eigenvalue weighted by Gasteiger charge is -2.31. The highest BCUT2D eigenvalue weighted by Gasteiger charge is 2.33. The molecule has 2 aromatic carbocycles. The average molecular weight is 693 g/mol. The molecule has 0 aliphatic heterocycles. The third kappa shape index (κ3) is 13.6. The van der Waals surface area contributed by atoms with Gasteiger partial charge in [0.25, 0.3) is 0 Å². The highest BCUT2D eigenvalue weighted by Crippen LogP contribution is 2.31. The first kappa shape index (κ1) is 41.3. The fourth-order valence-electron chi connectivity index (χ4n) is 5.11. The molecule has 1 fully saturated rings. The van der Waals surface area contributed by atoms with Gasteiger partial charge in [-0.15, -0.1) is 12.4 Å². The van der Waals surface area contributed by atoms with E-state index in [0.29, 0.717) is 32.1 Å². The highest BCUT2D eigenvalue weighted by atomic mass is 35.5. The number of aliphatic carboxylic acids is 1. The Morgan fingerprint density at radius 1 is 0.935 bits per heavy atom. The van der Waals surface area contributed by atoms with Gasteiger partial charge in [-0.1, -0.05) is 58.0 Å². The summed E-state index contributed by atoms with van der Waals surface area (Å²) in [5, 5.41) is 11.2. The lowest BCUT2D eigenvalue weighted by Crippen LogP contribution is -2.48. The summed E-state index contributed by atoms with van der Waals surface area (Å²) < 4.78 is 66.3. The Morgan fingerprint density at radius 3 is 1.91 bits per heavy atom. The normalized spacial score (nSPS) is 18.8. The Hall–Kier alpha value is -2.71. The summed E-state index contributed by atoms with van der Waals surface area (Å²) in [6, 6.07) is 11.7. The van der Waals surface area contributed by atoms with Crippen molar-refractivity contribution in [3.05, 3.63) is 65.7 Å². The van der Waals surface area contributed by atoms with E-state index in [0.717, 1.165) is 29.8 Å². The standard InChI is InChI=1S/C27H37F3N4O3S.C5H10O2.ClH/c1-17(2)25(32)23(31)16-24(18-6-4-3-5-7-18)33-26(35)19-8-12-21(13-9-19)34-38(36,37)22-14-10-20(11-15-22)27(28,29)30;1-4(2)3-5(6)7;/h3-7,10-11,14-15,17,19,21,23-25,34H,8-9,12-13,16,31-32H2,1-2H3,(H,33,35);4H,3H2,1-2H3,(H,6,7);1H/t19?,21?,23-,24-,25-;;/m0../s1. The summed E-state index contributed by atoms with van der Waals surface area (Å²) in [6.45, 7) is 7.78. The number of carbonyl (C=O) groups excluding carboxylic acids is 1. The van der Waals surface area contributed by atoms with Crippen LogP contribution in [0.5, 0.6) is 0 Å². The molecule has 7 N–H and O–H groups in total. The second kappa shape index (κ2) is 18.6. The number of carboxylic acids is 1. The number of alkyl halides is 3. The Kier molecular flexibility index (Phi) is 16.7. The molecule has 260 valence electrons. The smallest absolute Gasteiger partial charge is 0.416 e. The first-order chi connectivity index (χ1) is 20.9. The Morgan fingerprint density at radius 2 is 1.48 bits per heavy atom. The van der Waals surface area contributed by atoms with E-state index in [4.69, 9.17) is 16.6 Å². The van der Waals surface area contributed by atoms with Crippen molar-refractivity contribution in [2.75, 3.05) is 0 Å². The number of hydrogen-bond acceptors (Lipinski definition) is 6. The number of rotatable bonds is 12. The maximum Gasteiger partial charge on any atom is 0.416 e. The first-order valence-electron chi connectivity index (χ1n) is 15.2. The van der Waals surface area contributed by atoms with E-state index in [-0.39, 0.29) is 65.5 Å². The number of carboxylic acid groups (broad SMARTS) is 1. The topological polar surface area (TPSA) is 165 Å². The van der Waals surface area contributed by atoms with Gasteiger partial charge in [-0.2, -0.15) is 13.2 Å². The molecule has 3 rings (SSSR count). The van der Waals surface area contributed by atoms with Gasteiger partial charge in [-0.3, -0.25) is 9.59 Å². The van der Waals surface area contributed by atoms with Crippen LogP contribution in [-0.2, 0) is 25.8 Å². The Balaban J connectivity index is 0.00000119. The summed E-state index contributed by atoms with van der Waals surface area (Å²) in [4.78, 5) is 22.8. The van der Waals surface area contributed by atoms with Crippen LogP contribution in [0.4, 0.5) is 13.2 Å². The molecule has 1 aliphatic rings. The molecule has 1 amide bonds. The second-order valence-electron chi connectivity index (χ2n) is 12.4. The summed E-state index contributed by atoms with van der Waals surface area (Å²) in [5.74, 6) is -0.650. The van der Waals surface area contributed by atoms with Crippen molar-refractivity contribution in [3.8, 4) is 0 Å². The molecule has 0 unspecified atom stereocenters. The molecular formula is C32H48ClF3N4O5S. The van der Waals surface area contributed by atoms with Crippen LogP contribution in [-0.4, -0.2) is 43.5 Å².